The van der Waals surface area contributed by atoms with Gasteiger partial charge in [-0.1, -0.05) is 71.7 Å². The van der Waals surface area contributed by atoms with Crippen LogP contribution in [-0.4, -0.2) is 17.0 Å². The molecular weight excluding hydrogens is 435 g/mol. The number of fused-ring (bicyclic) bond motifs is 1. The highest BCUT2D eigenvalue weighted by atomic mass is 35.5. The Morgan fingerprint density at radius 3 is 2.23 bits per heavy atom. The van der Waals surface area contributed by atoms with Gasteiger partial charge in [-0.25, -0.2) is 4.79 Å². The number of carbonyl (C=O) groups is 2. The van der Waals surface area contributed by atoms with Crippen LogP contribution in [-0.2, 0) is 0 Å². The Balaban J connectivity index is 1.65. The molecule has 0 spiro atoms. The van der Waals surface area contributed by atoms with Gasteiger partial charge in [-0.2, -0.15) is 0 Å². The van der Waals surface area contributed by atoms with E-state index in [-0.39, 0.29) is 21.4 Å². The van der Waals surface area contributed by atoms with Crippen molar-refractivity contribution in [3.05, 3.63) is 94.5 Å². The van der Waals surface area contributed by atoms with Crippen LogP contribution in [0.3, 0.4) is 0 Å². The molecule has 31 heavy (non-hydrogen) atoms. The van der Waals surface area contributed by atoms with Crippen molar-refractivity contribution in [3.63, 3.8) is 0 Å². The number of phenolic OH excluding ortho intramolecular Hbond substituents is 1. The number of amides is 3. The van der Waals surface area contributed by atoms with Crippen LogP contribution >= 0.6 is 23.2 Å². The minimum Gasteiger partial charge on any atom is -0.508 e. The second-order valence-corrected chi connectivity index (χ2v) is 7.58. The average molecular weight is 451 g/mol. The van der Waals surface area contributed by atoms with E-state index in [0.717, 1.165) is 16.3 Å². The highest BCUT2D eigenvalue weighted by Gasteiger charge is 2.18. The van der Waals surface area contributed by atoms with Crippen molar-refractivity contribution in [2.24, 2.45) is 0 Å². The molecule has 4 aromatic carbocycles. The maximum atomic E-state index is 12.6. The van der Waals surface area contributed by atoms with Crippen molar-refractivity contribution in [3.8, 4) is 16.9 Å². The van der Waals surface area contributed by atoms with E-state index < -0.39 is 11.9 Å². The largest absolute Gasteiger partial charge is 0.508 e. The number of hydrogen-bond donors (Lipinski definition) is 3. The van der Waals surface area contributed by atoms with Crippen molar-refractivity contribution in [2.75, 3.05) is 5.32 Å². The summed E-state index contributed by atoms with van der Waals surface area (Å²) in [6.45, 7) is 0. The van der Waals surface area contributed by atoms with Crippen LogP contribution in [0.5, 0.6) is 5.75 Å². The maximum Gasteiger partial charge on any atom is 0.326 e. The molecule has 4 aromatic rings. The Morgan fingerprint density at radius 2 is 1.45 bits per heavy atom. The molecule has 0 saturated heterocycles. The monoisotopic (exact) mass is 450 g/mol. The van der Waals surface area contributed by atoms with E-state index in [0.29, 0.717) is 11.3 Å². The molecule has 3 amide bonds. The molecular formula is C24H16Cl2N2O3. The minimum atomic E-state index is -0.756. The maximum absolute atomic E-state index is 12.6. The highest BCUT2D eigenvalue weighted by molar-refractivity contribution is 6.40. The van der Waals surface area contributed by atoms with Crippen LogP contribution in [0.25, 0.3) is 21.9 Å². The SMILES string of the molecule is O=C(NC(=O)c1c(Cl)cccc1Cl)Nc1ccc(O)cc1-c1cccc2ccccc12. The second-order valence-electron chi connectivity index (χ2n) is 6.76. The van der Waals surface area contributed by atoms with Crippen LogP contribution in [0.2, 0.25) is 10.0 Å². The lowest BCUT2D eigenvalue weighted by Crippen LogP contribution is -2.34. The molecule has 0 fully saturated rings. The summed E-state index contributed by atoms with van der Waals surface area (Å²) in [4.78, 5) is 25.0. The lowest BCUT2D eigenvalue weighted by Gasteiger charge is -2.14. The molecule has 0 heterocycles. The fourth-order valence-corrected chi connectivity index (χ4v) is 3.93. The van der Waals surface area contributed by atoms with Gasteiger partial charge in [0.05, 0.1) is 21.3 Å². The van der Waals surface area contributed by atoms with Gasteiger partial charge < -0.3 is 10.4 Å². The predicted octanol–water partition coefficient (Wildman–Crippen LogP) is 6.48. The molecule has 0 aromatic heterocycles. The van der Waals surface area contributed by atoms with E-state index in [2.05, 4.69) is 10.6 Å². The van der Waals surface area contributed by atoms with Crippen molar-refractivity contribution in [1.29, 1.82) is 0 Å². The zero-order valence-electron chi connectivity index (χ0n) is 16.0. The fourth-order valence-electron chi connectivity index (χ4n) is 3.36. The van der Waals surface area contributed by atoms with E-state index in [9.17, 15) is 14.7 Å². The quantitative estimate of drug-likeness (QED) is 0.312. The standard InChI is InChI=1S/C24H16Cl2N2O3/c25-19-9-4-10-20(26)22(19)23(30)28-24(31)27-21-12-11-15(29)13-18(21)17-8-3-6-14-5-1-2-7-16(14)17/h1-13,29H,(H2,27,28,30,31). The highest BCUT2D eigenvalue weighted by Crippen LogP contribution is 2.36. The number of urea groups is 1. The summed E-state index contributed by atoms with van der Waals surface area (Å²) in [6.07, 6.45) is 0. The Hall–Kier alpha value is -3.54. The summed E-state index contributed by atoms with van der Waals surface area (Å²) in [5.41, 5.74) is 1.87. The smallest absolute Gasteiger partial charge is 0.326 e. The molecule has 0 aliphatic heterocycles. The van der Waals surface area contributed by atoms with Crippen molar-refractivity contribution >= 4 is 51.6 Å². The Labute approximate surface area is 188 Å². The molecule has 0 unspecified atom stereocenters. The van der Waals surface area contributed by atoms with Gasteiger partial charge in [0.1, 0.15) is 5.75 Å². The zero-order valence-corrected chi connectivity index (χ0v) is 17.5. The molecule has 3 N–H and O–H groups in total. The van der Waals surface area contributed by atoms with Gasteiger partial charge in [0, 0.05) is 5.56 Å². The van der Waals surface area contributed by atoms with Crippen molar-refractivity contribution in [2.45, 2.75) is 0 Å². The third-order valence-corrected chi connectivity index (χ3v) is 5.38. The third-order valence-electron chi connectivity index (χ3n) is 4.75. The lowest BCUT2D eigenvalue weighted by atomic mass is 9.97. The van der Waals surface area contributed by atoms with Crippen molar-refractivity contribution in [1.82, 2.24) is 5.32 Å². The Bertz CT molecular complexity index is 1300. The molecule has 4 rings (SSSR count). The Kier molecular flexibility index (Phi) is 5.80. The number of hydrogen-bond acceptors (Lipinski definition) is 3. The normalized spacial score (nSPS) is 10.6. The van der Waals surface area contributed by atoms with Crippen LogP contribution in [0.15, 0.2) is 78.9 Å². The van der Waals surface area contributed by atoms with Gasteiger partial charge in [-0.3, -0.25) is 10.1 Å². The lowest BCUT2D eigenvalue weighted by molar-refractivity contribution is 0.0967. The fraction of sp³-hybridized carbons (Fsp3) is 0. The first-order valence-electron chi connectivity index (χ1n) is 9.31. The summed E-state index contributed by atoms with van der Waals surface area (Å²) in [6, 6.07) is 22.0. The molecule has 0 saturated carbocycles. The van der Waals surface area contributed by atoms with Crippen molar-refractivity contribution < 1.29 is 14.7 Å². The topological polar surface area (TPSA) is 78.4 Å². The van der Waals surface area contributed by atoms with Crippen LogP contribution in [0.4, 0.5) is 10.5 Å². The summed E-state index contributed by atoms with van der Waals surface area (Å²) in [7, 11) is 0. The van der Waals surface area contributed by atoms with E-state index in [1.807, 2.05) is 42.5 Å². The average Bonchev–Trinajstić information content (AvgIpc) is 2.74. The van der Waals surface area contributed by atoms with Crippen LogP contribution in [0.1, 0.15) is 10.4 Å². The molecule has 0 aliphatic carbocycles. The molecule has 0 bridgehead atoms. The molecule has 154 valence electrons. The van der Waals surface area contributed by atoms with E-state index in [4.69, 9.17) is 23.2 Å². The van der Waals surface area contributed by atoms with Gasteiger partial charge in [-0.05, 0) is 46.7 Å². The number of benzene rings is 4. The summed E-state index contributed by atoms with van der Waals surface area (Å²) in [5, 5.41) is 17.2. The van der Waals surface area contributed by atoms with Crippen LogP contribution in [0, 0.1) is 0 Å². The number of rotatable bonds is 3. The molecule has 0 atom stereocenters. The Morgan fingerprint density at radius 1 is 0.774 bits per heavy atom. The molecule has 0 aliphatic rings. The predicted molar refractivity (Wildman–Crippen MR) is 124 cm³/mol. The first-order valence-corrected chi connectivity index (χ1v) is 10.1. The first-order chi connectivity index (χ1) is 14.9. The molecule has 5 nitrogen and oxygen atoms in total. The zero-order chi connectivity index (χ0) is 22.0. The third kappa shape index (κ3) is 4.33. The van der Waals surface area contributed by atoms with Crippen LogP contribution < -0.4 is 10.6 Å². The number of anilines is 1. The number of halogens is 2. The number of imide groups is 1. The molecule has 7 heteroatoms. The van der Waals surface area contributed by atoms with Gasteiger partial charge in [-0.15, -0.1) is 0 Å². The van der Waals surface area contributed by atoms with E-state index in [1.165, 1.54) is 18.2 Å². The number of nitrogens with one attached hydrogen (secondary N) is 2. The summed E-state index contributed by atoms with van der Waals surface area (Å²) >= 11 is 12.1. The van der Waals surface area contributed by atoms with E-state index in [1.54, 1.807) is 18.2 Å². The van der Waals surface area contributed by atoms with Gasteiger partial charge in [0.15, 0.2) is 0 Å². The minimum absolute atomic E-state index is 0.0148. The van der Waals surface area contributed by atoms with Gasteiger partial charge in [0.2, 0.25) is 0 Å². The van der Waals surface area contributed by atoms with Gasteiger partial charge >= 0.3 is 6.03 Å². The summed E-state index contributed by atoms with van der Waals surface area (Å²) < 4.78 is 0. The number of carbonyl (C=O) groups excluding carboxylic acids is 2. The molecule has 0 radical (unpaired) electrons. The second kappa shape index (κ2) is 8.68. The first kappa shape index (κ1) is 20.7. The van der Waals surface area contributed by atoms with Gasteiger partial charge in [0.25, 0.3) is 5.91 Å². The van der Waals surface area contributed by atoms with E-state index >= 15 is 0 Å². The summed E-state index contributed by atoms with van der Waals surface area (Å²) in [5.74, 6) is -0.675. The number of phenols is 1. The number of aromatic hydroxyl groups is 1.